The molecule has 112 valence electrons. The number of benzene rings is 1. The molecular formula is C15H19N3O2S. The molecule has 0 saturated heterocycles. The standard InChI is InChI=1S/C15H19N3O2S/c1-4-15-17-13(9-21-15)11(3)16-8-12-6-5-7-14(10(12)2)18(19)20/h5-7,9,11,16H,4,8H2,1-3H3/t11-/m0/s1. The minimum Gasteiger partial charge on any atom is -0.305 e. The minimum absolute atomic E-state index is 0.125. The average Bonchev–Trinajstić information content (AvgIpc) is 2.94. The van der Waals surface area contributed by atoms with Gasteiger partial charge in [-0.3, -0.25) is 10.1 Å². The summed E-state index contributed by atoms with van der Waals surface area (Å²) in [6.07, 6.45) is 0.946. The van der Waals surface area contributed by atoms with Crippen LogP contribution < -0.4 is 5.32 Å². The van der Waals surface area contributed by atoms with Crippen molar-refractivity contribution in [3.8, 4) is 0 Å². The van der Waals surface area contributed by atoms with E-state index in [-0.39, 0.29) is 16.7 Å². The summed E-state index contributed by atoms with van der Waals surface area (Å²) in [5.74, 6) is 0. The third-order valence-corrected chi connectivity index (χ3v) is 4.54. The molecule has 21 heavy (non-hydrogen) atoms. The second-order valence-corrected chi connectivity index (χ2v) is 5.88. The Kier molecular flexibility index (Phi) is 5.03. The maximum atomic E-state index is 10.9. The molecule has 0 fully saturated rings. The number of hydrogen-bond donors (Lipinski definition) is 1. The second-order valence-electron chi connectivity index (χ2n) is 4.94. The molecule has 1 N–H and O–H groups in total. The van der Waals surface area contributed by atoms with Crippen molar-refractivity contribution in [2.75, 3.05) is 0 Å². The van der Waals surface area contributed by atoms with Gasteiger partial charge in [-0.1, -0.05) is 19.1 Å². The summed E-state index contributed by atoms with van der Waals surface area (Å²) >= 11 is 1.67. The Balaban J connectivity index is 2.06. The van der Waals surface area contributed by atoms with Gasteiger partial charge < -0.3 is 5.32 Å². The van der Waals surface area contributed by atoms with Gasteiger partial charge in [0.05, 0.1) is 15.6 Å². The van der Waals surface area contributed by atoms with Crippen molar-refractivity contribution in [1.82, 2.24) is 10.3 Å². The van der Waals surface area contributed by atoms with Crippen molar-refractivity contribution in [2.24, 2.45) is 0 Å². The molecule has 1 heterocycles. The Morgan fingerprint density at radius 1 is 1.48 bits per heavy atom. The van der Waals surface area contributed by atoms with E-state index in [0.29, 0.717) is 6.54 Å². The lowest BCUT2D eigenvalue weighted by Crippen LogP contribution is -2.19. The Morgan fingerprint density at radius 3 is 2.86 bits per heavy atom. The van der Waals surface area contributed by atoms with E-state index in [2.05, 4.69) is 29.5 Å². The number of hydrogen-bond acceptors (Lipinski definition) is 5. The summed E-state index contributed by atoms with van der Waals surface area (Å²) in [5, 5.41) is 17.5. The molecule has 1 aromatic heterocycles. The number of thiazole rings is 1. The molecule has 0 aliphatic carbocycles. The quantitative estimate of drug-likeness (QED) is 0.651. The molecule has 0 aliphatic rings. The van der Waals surface area contributed by atoms with Gasteiger partial charge in [0.15, 0.2) is 0 Å². The molecule has 5 nitrogen and oxygen atoms in total. The molecule has 0 unspecified atom stereocenters. The molecule has 6 heteroatoms. The fourth-order valence-electron chi connectivity index (χ4n) is 2.11. The third kappa shape index (κ3) is 3.65. The Morgan fingerprint density at radius 2 is 2.24 bits per heavy atom. The van der Waals surface area contributed by atoms with E-state index in [0.717, 1.165) is 28.2 Å². The first kappa shape index (κ1) is 15.6. The van der Waals surface area contributed by atoms with Crippen molar-refractivity contribution in [1.29, 1.82) is 0 Å². The molecule has 2 rings (SSSR count). The van der Waals surface area contributed by atoms with Crippen LogP contribution in [0.1, 0.15) is 41.7 Å². The van der Waals surface area contributed by atoms with Crippen LogP contribution in [0.15, 0.2) is 23.6 Å². The van der Waals surface area contributed by atoms with Crippen molar-refractivity contribution in [3.63, 3.8) is 0 Å². The molecule has 0 saturated carbocycles. The Bertz CT molecular complexity index is 640. The van der Waals surface area contributed by atoms with E-state index < -0.39 is 0 Å². The largest absolute Gasteiger partial charge is 0.305 e. The van der Waals surface area contributed by atoms with E-state index in [1.165, 1.54) is 6.07 Å². The molecule has 1 aromatic carbocycles. The van der Waals surface area contributed by atoms with Gasteiger partial charge in [0, 0.05) is 29.6 Å². The summed E-state index contributed by atoms with van der Waals surface area (Å²) in [5.41, 5.74) is 2.86. The van der Waals surface area contributed by atoms with Gasteiger partial charge >= 0.3 is 0 Å². The normalized spacial score (nSPS) is 12.3. The molecule has 0 aliphatic heterocycles. The highest BCUT2D eigenvalue weighted by molar-refractivity contribution is 7.09. The monoisotopic (exact) mass is 305 g/mol. The summed E-state index contributed by atoms with van der Waals surface area (Å²) in [6.45, 7) is 6.53. The number of aryl methyl sites for hydroxylation is 1. The number of nitro groups is 1. The van der Waals surface area contributed by atoms with Gasteiger partial charge in [0.2, 0.25) is 0 Å². The number of rotatable bonds is 6. The molecule has 0 bridgehead atoms. The van der Waals surface area contributed by atoms with Crippen molar-refractivity contribution >= 4 is 17.0 Å². The SMILES string of the molecule is CCc1nc([C@H](C)NCc2cccc([N+](=O)[O-])c2C)cs1. The smallest absolute Gasteiger partial charge is 0.272 e. The van der Waals surface area contributed by atoms with E-state index >= 15 is 0 Å². The molecule has 0 spiro atoms. The Hall–Kier alpha value is -1.79. The maximum Gasteiger partial charge on any atom is 0.272 e. The number of nitrogens with one attached hydrogen (secondary N) is 1. The first-order valence-electron chi connectivity index (χ1n) is 6.93. The lowest BCUT2D eigenvalue weighted by Gasteiger charge is -2.13. The van der Waals surface area contributed by atoms with Crippen molar-refractivity contribution < 1.29 is 4.92 Å². The summed E-state index contributed by atoms with van der Waals surface area (Å²) in [7, 11) is 0. The predicted octanol–water partition coefficient (Wildman–Crippen LogP) is 3.77. The highest BCUT2D eigenvalue weighted by Gasteiger charge is 2.14. The van der Waals surface area contributed by atoms with Crippen LogP contribution in [0.3, 0.4) is 0 Å². The fraction of sp³-hybridized carbons (Fsp3) is 0.400. The van der Waals surface area contributed by atoms with E-state index in [4.69, 9.17) is 0 Å². The van der Waals surface area contributed by atoms with Gasteiger partial charge in [0.25, 0.3) is 5.69 Å². The lowest BCUT2D eigenvalue weighted by molar-refractivity contribution is -0.385. The van der Waals surface area contributed by atoms with E-state index in [1.807, 2.05) is 6.07 Å². The highest BCUT2D eigenvalue weighted by atomic mass is 32.1. The van der Waals surface area contributed by atoms with Gasteiger partial charge in [-0.2, -0.15) is 0 Å². The van der Waals surface area contributed by atoms with Gasteiger partial charge in [-0.05, 0) is 25.8 Å². The second kappa shape index (κ2) is 6.78. The minimum atomic E-state index is -0.337. The van der Waals surface area contributed by atoms with Crippen molar-refractivity contribution in [2.45, 2.75) is 39.8 Å². The van der Waals surface area contributed by atoms with Crippen LogP contribution in [-0.2, 0) is 13.0 Å². The zero-order chi connectivity index (χ0) is 15.4. The van der Waals surface area contributed by atoms with Crippen molar-refractivity contribution in [3.05, 3.63) is 55.5 Å². The van der Waals surface area contributed by atoms with Crippen LogP contribution >= 0.6 is 11.3 Å². The molecule has 0 radical (unpaired) electrons. The number of nitrogens with zero attached hydrogens (tertiary/aromatic N) is 2. The lowest BCUT2D eigenvalue weighted by atomic mass is 10.1. The first-order valence-corrected chi connectivity index (χ1v) is 7.81. The van der Waals surface area contributed by atoms with Crippen LogP contribution in [0.2, 0.25) is 0 Å². The van der Waals surface area contributed by atoms with Crippen LogP contribution in [0, 0.1) is 17.0 Å². The Labute approximate surface area is 128 Å². The third-order valence-electron chi connectivity index (χ3n) is 3.53. The molecular weight excluding hydrogens is 286 g/mol. The average molecular weight is 305 g/mol. The zero-order valence-electron chi connectivity index (χ0n) is 12.4. The maximum absolute atomic E-state index is 10.9. The van der Waals surface area contributed by atoms with E-state index in [9.17, 15) is 10.1 Å². The predicted molar refractivity (Wildman–Crippen MR) is 84.6 cm³/mol. The molecule has 1 atom stereocenters. The van der Waals surface area contributed by atoms with Gasteiger partial charge in [-0.15, -0.1) is 11.3 Å². The first-order chi connectivity index (χ1) is 10.0. The van der Waals surface area contributed by atoms with Crippen LogP contribution in [0.5, 0.6) is 0 Å². The summed E-state index contributed by atoms with van der Waals surface area (Å²) in [4.78, 5) is 15.2. The van der Waals surface area contributed by atoms with Crippen LogP contribution in [0.4, 0.5) is 5.69 Å². The zero-order valence-corrected chi connectivity index (χ0v) is 13.2. The number of aromatic nitrogens is 1. The van der Waals surface area contributed by atoms with Gasteiger partial charge in [0.1, 0.15) is 0 Å². The summed E-state index contributed by atoms with van der Waals surface area (Å²) < 4.78 is 0. The molecule has 0 amide bonds. The van der Waals surface area contributed by atoms with Gasteiger partial charge in [-0.25, -0.2) is 4.98 Å². The topological polar surface area (TPSA) is 68.1 Å². The fourth-order valence-corrected chi connectivity index (χ4v) is 2.95. The highest BCUT2D eigenvalue weighted by Crippen LogP contribution is 2.22. The van der Waals surface area contributed by atoms with Crippen LogP contribution in [-0.4, -0.2) is 9.91 Å². The van der Waals surface area contributed by atoms with E-state index in [1.54, 1.807) is 24.3 Å². The summed E-state index contributed by atoms with van der Waals surface area (Å²) in [6, 6.07) is 5.31. The number of nitro benzene ring substituents is 1. The molecule has 2 aromatic rings. The van der Waals surface area contributed by atoms with Crippen LogP contribution in [0.25, 0.3) is 0 Å².